The molecule has 0 aliphatic carbocycles. The molecule has 1 aliphatic heterocycles. The molecular weight excluding hydrogens is 357 g/mol. The summed E-state index contributed by atoms with van der Waals surface area (Å²) in [7, 11) is 0. The number of urea groups is 1. The average Bonchev–Trinajstić information content (AvgIpc) is 3.05. The maximum atomic E-state index is 13.2. The van der Waals surface area contributed by atoms with E-state index in [0.717, 1.165) is 16.8 Å². The van der Waals surface area contributed by atoms with Crippen LogP contribution in [0.3, 0.4) is 0 Å². The van der Waals surface area contributed by atoms with Crippen molar-refractivity contribution in [1.29, 1.82) is 0 Å². The number of halogens is 2. The van der Waals surface area contributed by atoms with Gasteiger partial charge in [-0.05, 0) is 29.8 Å². The van der Waals surface area contributed by atoms with Crippen molar-refractivity contribution in [2.75, 3.05) is 11.9 Å². The predicted molar refractivity (Wildman–Crippen MR) is 96.3 cm³/mol. The minimum atomic E-state index is -0.285. The second-order valence-corrected chi connectivity index (χ2v) is 6.34. The monoisotopic (exact) mass is 371 g/mol. The summed E-state index contributed by atoms with van der Waals surface area (Å²) in [4.78, 5) is 18.2. The lowest BCUT2D eigenvalue weighted by Gasteiger charge is -2.28. The number of anilines is 1. The highest BCUT2D eigenvalue weighted by Gasteiger charge is 2.24. The lowest BCUT2D eigenvalue weighted by molar-refractivity contribution is 0.194. The molecule has 0 radical (unpaired) electrons. The smallest absolute Gasteiger partial charge is 0.317 e. The summed E-state index contributed by atoms with van der Waals surface area (Å²) in [5.74, 6) is -0.285. The Morgan fingerprint density at radius 2 is 2.00 bits per heavy atom. The van der Waals surface area contributed by atoms with Gasteiger partial charge in [0.1, 0.15) is 11.0 Å². The van der Waals surface area contributed by atoms with E-state index >= 15 is 0 Å². The first-order valence-corrected chi connectivity index (χ1v) is 8.46. The van der Waals surface area contributed by atoms with Crippen LogP contribution in [0.25, 0.3) is 11.1 Å². The van der Waals surface area contributed by atoms with E-state index < -0.39 is 0 Å². The summed E-state index contributed by atoms with van der Waals surface area (Å²) in [6.45, 7) is 1.56. The van der Waals surface area contributed by atoms with Gasteiger partial charge >= 0.3 is 6.03 Å². The van der Waals surface area contributed by atoms with Gasteiger partial charge in [0.25, 0.3) is 0 Å². The molecule has 1 aromatic carbocycles. The highest BCUT2D eigenvalue weighted by atomic mass is 35.5. The van der Waals surface area contributed by atoms with Crippen molar-refractivity contribution in [3.63, 3.8) is 0 Å². The third kappa shape index (κ3) is 3.25. The molecule has 2 amide bonds. The van der Waals surface area contributed by atoms with Crippen LogP contribution in [-0.4, -0.2) is 32.2 Å². The molecule has 3 aromatic rings. The van der Waals surface area contributed by atoms with Gasteiger partial charge in [-0.25, -0.2) is 14.2 Å². The molecule has 1 N–H and O–H groups in total. The second-order valence-electron chi connectivity index (χ2n) is 5.95. The summed E-state index contributed by atoms with van der Waals surface area (Å²) in [5.41, 5.74) is 3.28. The fourth-order valence-corrected chi connectivity index (χ4v) is 3.15. The van der Waals surface area contributed by atoms with Crippen LogP contribution in [0, 0.1) is 5.82 Å². The first-order chi connectivity index (χ1) is 12.6. The normalized spacial score (nSPS) is 13.4. The van der Waals surface area contributed by atoms with Gasteiger partial charge in [0.05, 0.1) is 25.0 Å². The van der Waals surface area contributed by atoms with Gasteiger partial charge in [0.15, 0.2) is 0 Å². The Labute approximate surface area is 154 Å². The number of aromatic nitrogens is 3. The van der Waals surface area contributed by atoms with E-state index in [1.54, 1.807) is 35.4 Å². The zero-order chi connectivity index (χ0) is 18.1. The van der Waals surface area contributed by atoms with E-state index in [1.165, 1.54) is 18.3 Å². The highest BCUT2D eigenvalue weighted by Crippen LogP contribution is 2.27. The molecule has 0 saturated carbocycles. The van der Waals surface area contributed by atoms with Gasteiger partial charge in [0, 0.05) is 24.0 Å². The van der Waals surface area contributed by atoms with Gasteiger partial charge in [0.2, 0.25) is 0 Å². The molecule has 1 aliphatic rings. The molecule has 4 rings (SSSR count). The number of hydrogen-bond acceptors (Lipinski definition) is 3. The number of fused-ring (bicyclic) bond motifs is 1. The Morgan fingerprint density at radius 1 is 1.19 bits per heavy atom. The van der Waals surface area contributed by atoms with Crippen molar-refractivity contribution in [3.8, 4) is 11.1 Å². The average molecular weight is 372 g/mol. The van der Waals surface area contributed by atoms with E-state index in [4.69, 9.17) is 11.6 Å². The molecule has 26 heavy (non-hydrogen) atoms. The van der Waals surface area contributed by atoms with E-state index in [0.29, 0.717) is 30.5 Å². The van der Waals surface area contributed by atoms with Crippen LogP contribution in [0.5, 0.6) is 0 Å². The van der Waals surface area contributed by atoms with E-state index in [9.17, 15) is 9.18 Å². The number of hydrogen-bond donors (Lipinski definition) is 1. The molecule has 2 aromatic heterocycles. The number of rotatable bonds is 2. The number of nitrogens with one attached hydrogen (secondary N) is 1. The molecule has 0 unspecified atom stereocenters. The quantitative estimate of drug-likeness (QED) is 0.697. The van der Waals surface area contributed by atoms with Crippen LogP contribution in [-0.2, 0) is 13.1 Å². The number of benzene rings is 1. The van der Waals surface area contributed by atoms with Gasteiger partial charge in [-0.3, -0.25) is 4.68 Å². The number of carbonyl (C=O) groups is 1. The van der Waals surface area contributed by atoms with Crippen LogP contribution in [0.2, 0.25) is 5.15 Å². The number of nitrogens with zero attached hydrogens (tertiary/aromatic N) is 4. The fraction of sp³-hybridized carbons (Fsp3) is 0.167. The SMILES string of the molecule is O=C(Nc1ccnc(Cl)c1)N1CCn2ncc(-c3ccc(F)cc3)c2C1. The fourth-order valence-electron chi connectivity index (χ4n) is 2.97. The third-order valence-electron chi connectivity index (χ3n) is 4.29. The molecule has 0 bridgehead atoms. The van der Waals surface area contributed by atoms with Gasteiger partial charge in [-0.1, -0.05) is 23.7 Å². The molecule has 0 fully saturated rings. The Morgan fingerprint density at radius 3 is 2.77 bits per heavy atom. The summed E-state index contributed by atoms with van der Waals surface area (Å²) in [5, 5.41) is 7.53. The highest BCUT2D eigenvalue weighted by molar-refractivity contribution is 6.29. The van der Waals surface area contributed by atoms with Crippen molar-refractivity contribution in [1.82, 2.24) is 19.7 Å². The maximum absolute atomic E-state index is 13.2. The molecule has 0 atom stereocenters. The maximum Gasteiger partial charge on any atom is 0.322 e. The topological polar surface area (TPSA) is 63.1 Å². The Bertz CT molecular complexity index is 956. The molecule has 0 saturated heterocycles. The van der Waals surface area contributed by atoms with E-state index in [1.807, 2.05) is 4.68 Å². The van der Waals surface area contributed by atoms with Crippen molar-refractivity contribution in [3.05, 3.63) is 65.5 Å². The van der Waals surface area contributed by atoms with E-state index in [-0.39, 0.29) is 11.8 Å². The molecule has 0 spiro atoms. The Balaban J connectivity index is 1.54. The van der Waals surface area contributed by atoms with Crippen LogP contribution in [0.15, 0.2) is 48.8 Å². The van der Waals surface area contributed by atoms with Crippen molar-refractivity contribution in [2.45, 2.75) is 13.1 Å². The minimum Gasteiger partial charge on any atom is -0.317 e. The summed E-state index contributed by atoms with van der Waals surface area (Å²) in [6.07, 6.45) is 3.29. The molecule has 8 heteroatoms. The zero-order valence-corrected chi connectivity index (χ0v) is 14.4. The second kappa shape index (κ2) is 6.76. The molecular formula is C18H15ClFN5O. The standard InChI is InChI=1S/C18H15ClFN5O/c19-17-9-14(5-6-21-17)23-18(26)24-7-8-25-16(11-24)15(10-22-25)12-1-3-13(20)4-2-12/h1-6,9-10H,7-8,11H2,(H,21,23,26). The van der Waals surface area contributed by atoms with Crippen molar-refractivity contribution in [2.24, 2.45) is 0 Å². The number of amides is 2. The van der Waals surface area contributed by atoms with Gasteiger partial charge in [-0.2, -0.15) is 5.10 Å². The van der Waals surface area contributed by atoms with Crippen LogP contribution in [0.4, 0.5) is 14.9 Å². The van der Waals surface area contributed by atoms with Crippen LogP contribution in [0.1, 0.15) is 5.69 Å². The first kappa shape index (κ1) is 16.5. The van der Waals surface area contributed by atoms with Crippen molar-refractivity contribution < 1.29 is 9.18 Å². The van der Waals surface area contributed by atoms with Crippen LogP contribution >= 0.6 is 11.6 Å². The largest absolute Gasteiger partial charge is 0.322 e. The number of pyridine rings is 1. The Hall–Kier alpha value is -2.93. The van der Waals surface area contributed by atoms with Gasteiger partial charge in [-0.15, -0.1) is 0 Å². The Kier molecular flexibility index (Phi) is 4.30. The summed E-state index contributed by atoms with van der Waals surface area (Å²) in [6, 6.07) is 9.32. The first-order valence-electron chi connectivity index (χ1n) is 8.08. The summed E-state index contributed by atoms with van der Waals surface area (Å²) < 4.78 is 15.1. The predicted octanol–water partition coefficient (Wildman–Crippen LogP) is 3.79. The number of carbonyl (C=O) groups excluding carboxylic acids is 1. The zero-order valence-electron chi connectivity index (χ0n) is 13.7. The third-order valence-corrected chi connectivity index (χ3v) is 4.50. The minimum absolute atomic E-state index is 0.218. The summed E-state index contributed by atoms with van der Waals surface area (Å²) >= 11 is 5.85. The van der Waals surface area contributed by atoms with Gasteiger partial charge < -0.3 is 10.2 Å². The molecule has 3 heterocycles. The molecule has 132 valence electrons. The van der Waals surface area contributed by atoms with Crippen LogP contribution < -0.4 is 5.32 Å². The van der Waals surface area contributed by atoms with Crippen molar-refractivity contribution >= 4 is 23.3 Å². The lowest BCUT2D eigenvalue weighted by atomic mass is 10.1. The lowest BCUT2D eigenvalue weighted by Crippen LogP contribution is -2.41. The molecule has 6 nitrogen and oxygen atoms in total. The van der Waals surface area contributed by atoms with E-state index in [2.05, 4.69) is 15.4 Å².